The molecule has 0 bridgehead atoms. The second-order valence-corrected chi connectivity index (χ2v) is 5.61. The van der Waals surface area contributed by atoms with Crippen molar-refractivity contribution in [1.82, 2.24) is 5.32 Å². The molecule has 0 radical (unpaired) electrons. The molecule has 1 fully saturated rings. The normalized spacial score (nSPS) is 19.0. The van der Waals surface area contributed by atoms with Crippen LogP contribution in [0.3, 0.4) is 0 Å². The molecule has 128 valence electrons. The van der Waals surface area contributed by atoms with E-state index in [0.717, 1.165) is 32.4 Å². The molecule has 0 aliphatic carbocycles. The van der Waals surface area contributed by atoms with Crippen LogP contribution in [0, 0.1) is 5.92 Å². The van der Waals surface area contributed by atoms with Crippen molar-refractivity contribution in [3.05, 3.63) is 18.2 Å². The van der Waals surface area contributed by atoms with E-state index in [1.54, 1.807) is 0 Å². The lowest BCUT2D eigenvalue weighted by atomic mass is 9.93. The maximum absolute atomic E-state index is 12.9. The molecule has 1 amide bonds. The lowest BCUT2D eigenvalue weighted by Gasteiger charge is -2.22. The number of halogens is 3. The van der Waals surface area contributed by atoms with Crippen LogP contribution in [-0.4, -0.2) is 25.3 Å². The topological polar surface area (TPSA) is 59.6 Å². The number of piperidine rings is 1. The molecule has 2 heterocycles. The Kier molecular flexibility index (Phi) is 5.64. The van der Waals surface area contributed by atoms with Gasteiger partial charge in [-0.25, -0.2) is 0 Å². The summed E-state index contributed by atoms with van der Waals surface area (Å²) < 4.78 is 34.5. The van der Waals surface area contributed by atoms with E-state index in [4.69, 9.17) is 0 Å². The fourth-order valence-corrected chi connectivity index (χ4v) is 2.76. The maximum atomic E-state index is 12.9. The van der Waals surface area contributed by atoms with E-state index < -0.39 is 6.29 Å². The largest absolute Gasteiger partial charge is 0.586 e. The lowest BCUT2D eigenvalue weighted by molar-refractivity contribution is -0.286. The van der Waals surface area contributed by atoms with Gasteiger partial charge in [0, 0.05) is 18.2 Å². The first-order valence-electron chi connectivity index (χ1n) is 7.42. The van der Waals surface area contributed by atoms with Crippen LogP contribution in [-0.2, 0) is 4.79 Å². The average Bonchev–Trinajstić information content (AvgIpc) is 2.79. The summed E-state index contributed by atoms with van der Waals surface area (Å²) in [4.78, 5) is 11.9. The first kappa shape index (κ1) is 17.7. The van der Waals surface area contributed by atoms with Gasteiger partial charge in [0.1, 0.15) is 0 Å². The smallest absolute Gasteiger partial charge is 0.395 e. The van der Waals surface area contributed by atoms with Gasteiger partial charge in [-0.15, -0.1) is 21.2 Å². The van der Waals surface area contributed by atoms with Crippen LogP contribution in [0.5, 0.6) is 11.5 Å². The molecule has 0 spiro atoms. The van der Waals surface area contributed by atoms with Crippen LogP contribution in [0.25, 0.3) is 0 Å². The third-order valence-corrected chi connectivity index (χ3v) is 3.92. The highest BCUT2D eigenvalue weighted by Crippen LogP contribution is 2.42. The van der Waals surface area contributed by atoms with Crippen molar-refractivity contribution in [3.63, 3.8) is 0 Å². The molecule has 1 aromatic rings. The molecular formula is C15H19ClF2N2O3. The molecule has 2 aliphatic rings. The number of anilines is 1. The number of nitrogens with one attached hydrogen (secondary N) is 2. The highest BCUT2D eigenvalue weighted by atomic mass is 35.5. The van der Waals surface area contributed by atoms with Crippen molar-refractivity contribution in [2.45, 2.75) is 32.0 Å². The summed E-state index contributed by atoms with van der Waals surface area (Å²) in [6.45, 7) is 2.01. The zero-order chi connectivity index (χ0) is 15.6. The minimum absolute atomic E-state index is 0. The van der Waals surface area contributed by atoms with Crippen molar-refractivity contribution < 1.29 is 23.0 Å². The zero-order valence-electron chi connectivity index (χ0n) is 12.4. The number of ether oxygens (including phenoxy) is 2. The van der Waals surface area contributed by atoms with Crippen molar-refractivity contribution in [2.75, 3.05) is 18.4 Å². The minimum atomic E-state index is -3.64. The molecule has 2 aliphatic heterocycles. The number of carbonyl (C=O) groups is 1. The van der Waals surface area contributed by atoms with Crippen molar-refractivity contribution in [1.29, 1.82) is 0 Å². The Labute approximate surface area is 139 Å². The minimum Gasteiger partial charge on any atom is -0.395 e. The van der Waals surface area contributed by atoms with Crippen molar-refractivity contribution in [3.8, 4) is 11.5 Å². The van der Waals surface area contributed by atoms with Crippen LogP contribution < -0.4 is 20.1 Å². The first-order valence-corrected chi connectivity index (χ1v) is 7.42. The van der Waals surface area contributed by atoms with Crippen molar-refractivity contribution in [2.24, 2.45) is 5.92 Å². The van der Waals surface area contributed by atoms with Gasteiger partial charge in [-0.3, -0.25) is 4.79 Å². The second kappa shape index (κ2) is 7.31. The van der Waals surface area contributed by atoms with E-state index in [2.05, 4.69) is 20.1 Å². The monoisotopic (exact) mass is 348 g/mol. The Hall–Kier alpha value is -1.60. The Morgan fingerprint density at radius 2 is 1.96 bits per heavy atom. The van der Waals surface area contributed by atoms with Gasteiger partial charge in [0.15, 0.2) is 11.5 Å². The molecule has 8 heteroatoms. The molecule has 0 saturated carbocycles. The number of alkyl halides is 2. The van der Waals surface area contributed by atoms with Gasteiger partial charge in [0.2, 0.25) is 5.91 Å². The summed E-state index contributed by atoms with van der Waals surface area (Å²) >= 11 is 0. The number of benzene rings is 1. The van der Waals surface area contributed by atoms with Crippen molar-refractivity contribution >= 4 is 24.0 Å². The second-order valence-electron chi connectivity index (χ2n) is 5.61. The quantitative estimate of drug-likeness (QED) is 0.877. The lowest BCUT2D eigenvalue weighted by Crippen LogP contribution is -2.28. The fourth-order valence-electron chi connectivity index (χ4n) is 2.76. The van der Waals surface area contributed by atoms with E-state index in [-0.39, 0.29) is 29.8 Å². The van der Waals surface area contributed by atoms with E-state index in [9.17, 15) is 13.6 Å². The Bertz CT molecular complexity index is 566. The molecule has 3 rings (SSSR count). The predicted molar refractivity (Wildman–Crippen MR) is 83.4 cm³/mol. The highest BCUT2D eigenvalue weighted by molar-refractivity contribution is 5.91. The van der Waals surface area contributed by atoms with Crippen LogP contribution in [0.2, 0.25) is 0 Å². The van der Waals surface area contributed by atoms with Crippen LogP contribution in [0.4, 0.5) is 14.5 Å². The first-order chi connectivity index (χ1) is 10.5. The molecule has 23 heavy (non-hydrogen) atoms. The molecule has 2 N–H and O–H groups in total. The molecule has 1 aromatic carbocycles. The van der Waals surface area contributed by atoms with Crippen LogP contribution in [0.15, 0.2) is 18.2 Å². The third-order valence-electron chi connectivity index (χ3n) is 3.92. The number of amides is 1. The summed E-state index contributed by atoms with van der Waals surface area (Å²) in [7, 11) is 0. The van der Waals surface area contributed by atoms with E-state index in [1.807, 2.05) is 0 Å². The van der Waals surface area contributed by atoms with Gasteiger partial charge in [0.05, 0.1) is 0 Å². The predicted octanol–water partition coefficient (Wildman–Crippen LogP) is 3.15. The molecular weight excluding hydrogens is 330 g/mol. The number of fused-ring (bicyclic) bond motifs is 1. The standard InChI is InChI=1S/C15H18F2N2O3.ClH/c16-15(17)21-12-3-2-11(9-13(12)22-15)19-14(20)4-1-10-5-7-18-8-6-10;/h2-3,9-10,18H,1,4-8H2,(H,19,20);1H. The Morgan fingerprint density at radius 1 is 1.26 bits per heavy atom. The van der Waals surface area contributed by atoms with E-state index in [1.165, 1.54) is 18.2 Å². The summed E-state index contributed by atoms with van der Waals surface area (Å²) in [6, 6.07) is 4.23. The van der Waals surface area contributed by atoms with Gasteiger partial charge in [-0.2, -0.15) is 0 Å². The average molecular weight is 349 g/mol. The summed E-state index contributed by atoms with van der Waals surface area (Å²) in [5.41, 5.74) is 0.426. The molecule has 0 aromatic heterocycles. The third kappa shape index (κ3) is 4.68. The summed E-state index contributed by atoms with van der Waals surface area (Å²) in [5.74, 6) is 0.352. The highest BCUT2D eigenvalue weighted by Gasteiger charge is 2.43. The van der Waals surface area contributed by atoms with Gasteiger partial charge in [-0.05, 0) is 50.4 Å². The van der Waals surface area contributed by atoms with Gasteiger partial charge < -0.3 is 20.1 Å². The van der Waals surface area contributed by atoms with Gasteiger partial charge in [-0.1, -0.05) is 0 Å². The molecule has 0 atom stereocenters. The summed E-state index contributed by atoms with van der Waals surface area (Å²) in [5, 5.41) is 5.99. The number of rotatable bonds is 4. The maximum Gasteiger partial charge on any atom is 0.586 e. The molecule has 1 saturated heterocycles. The number of carbonyl (C=O) groups excluding carboxylic acids is 1. The Morgan fingerprint density at radius 3 is 2.70 bits per heavy atom. The molecule has 5 nitrogen and oxygen atoms in total. The number of hydrogen-bond acceptors (Lipinski definition) is 4. The summed E-state index contributed by atoms with van der Waals surface area (Å²) in [6.07, 6.45) is -0.190. The fraction of sp³-hybridized carbons (Fsp3) is 0.533. The van der Waals surface area contributed by atoms with Crippen LogP contribution >= 0.6 is 12.4 Å². The number of hydrogen-bond donors (Lipinski definition) is 2. The van der Waals surface area contributed by atoms with E-state index >= 15 is 0 Å². The Balaban J connectivity index is 0.00000192. The SMILES string of the molecule is Cl.O=C(CCC1CCNCC1)Nc1ccc2c(c1)OC(F)(F)O2. The van der Waals surface area contributed by atoms with Gasteiger partial charge in [0.25, 0.3) is 0 Å². The van der Waals surface area contributed by atoms with Gasteiger partial charge >= 0.3 is 6.29 Å². The zero-order valence-corrected chi connectivity index (χ0v) is 13.3. The van der Waals surface area contributed by atoms with Crippen LogP contribution in [0.1, 0.15) is 25.7 Å². The molecule has 0 unspecified atom stereocenters. The van der Waals surface area contributed by atoms with E-state index in [0.29, 0.717) is 18.0 Å².